The number of rotatable bonds is 12. The van der Waals surface area contributed by atoms with Gasteiger partial charge in [0, 0.05) is 39.6 Å². The first kappa shape index (κ1) is 26.2. The third kappa shape index (κ3) is 7.56. The van der Waals surface area contributed by atoms with E-state index >= 15 is 0 Å². The minimum Gasteiger partial charge on any atom is -0.489 e. The minimum absolute atomic E-state index is 0.344. The molecule has 0 bridgehead atoms. The highest BCUT2D eigenvalue weighted by atomic mass is 79.9. The van der Waals surface area contributed by atoms with Gasteiger partial charge >= 0.3 is 0 Å². The molecule has 1 aromatic heterocycles. The molecule has 3 rings (SSSR count). The number of hydrogen-bond donors (Lipinski definition) is 1. The molecule has 2 aromatic carbocycles. The quantitative estimate of drug-likeness (QED) is 0.245. The second-order valence-corrected chi connectivity index (χ2v) is 9.70. The summed E-state index contributed by atoms with van der Waals surface area (Å²) in [5.41, 5.74) is 6.05. The van der Waals surface area contributed by atoms with Crippen LogP contribution in [0, 0.1) is 18.3 Å². The van der Waals surface area contributed by atoms with Gasteiger partial charge in [-0.15, -0.1) is 0 Å². The van der Waals surface area contributed by atoms with Crippen LogP contribution in [0.5, 0.6) is 5.75 Å². The molecule has 1 heterocycles. The number of nitrogens with one attached hydrogen (secondary N) is 1. The molecular weight excluding hydrogens is 510 g/mol. The zero-order chi connectivity index (χ0) is 24.3. The lowest BCUT2D eigenvalue weighted by Gasteiger charge is -2.16. The number of halogens is 2. The van der Waals surface area contributed by atoms with Gasteiger partial charge in [-0.3, -0.25) is 4.98 Å². The van der Waals surface area contributed by atoms with E-state index in [1.807, 2.05) is 12.1 Å². The van der Waals surface area contributed by atoms with Crippen LogP contribution in [0.1, 0.15) is 59.6 Å². The fourth-order valence-electron chi connectivity index (χ4n) is 3.80. The zero-order valence-electron chi connectivity index (χ0n) is 19.8. The average Bonchev–Trinajstić information content (AvgIpc) is 2.85. The molecule has 3 aromatic rings. The third-order valence-electron chi connectivity index (χ3n) is 5.86. The second kappa shape index (κ2) is 13.5. The van der Waals surface area contributed by atoms with Gasteiger partial charge in [-0.1, -0.05) is 59.4 Å². The number of nitriles is 1. The Morgan fingerprint density at radius 2 is 1.91 bits per heavy atom. The standard InChI is InChI=1S/C28H31BrClN3O/c1-3-4-5-11-32-18-25-13-27(30)24(10-9-23-7-6-8-26(29)20(23)2)14-28(25)34-19-22-12-21(15-31)16-33-17-22/h6-8,12-14,16-17,32H,3-5,9-11,18-19H2,1-2H3. The number of benzene rings is 2. The molecule has 0 fully saturated rings. The summed E-state index contributed by atoms with van der Waals surface area (Å²) in [6.45, 7) is 6.34. The van der Waals surface area contributed by atoms with Crippen LogP contribution in [0.2, 0.25) is 5.02 Å². The molecule has 4 nitrogen and oxygen atoms in total. The van der Waals surface area contributed by atoms with Gasteiger partial charge in [0.15, 0.2) is 0 Å². The lowest BCUT2D eigenvalue weighted by molar-refractivity contribution is 0.301. The van der Waals surface area contributed by atoms with E-state index in [9.17, 15) is 0 Å². The van der Waals surface area contributed by atoms with E-state index in [-0.39, 0.29) is 0 Å². The van der Waals surface area contributed by atoms with Crippen molar-refractivity contribution in [2.75, 3.05) is 6.54 Å². The molecule has 0 atom stereocenters. The van der Waals surface area contributed by atoms with Gasteiger partial charge in [-0.05, 0) is 73.7 Å². The monoisotopic (exact) mass is 539 g/mol. The molecule has 178 valence electrons. The fourth-order valence-corrected chi connectivity index (χ4v) is 4.49. The van der Waals surface area contributed by atoms with Crippen molar-refractivity contribution in [1.29, 1.82) is 5.26 Å². The molecule has 34 heavy (non-hydrogen) atoms. The van der Waals surface area contributed by atoms with E-state index in [0.29, 0.717) is 18.7 Å². The van der Waals surface area contributed by atoms with Crippen molar-refractivity contribution < 1.29 is 4.74 Å². The maximum absolute atomic E-state index is 9.15. The van der Waals surface area contributed by atoms with Crippen molar-refractivity contribution in [3.63, 3.8) is 0 Å². The van der Waals surface area contributed by atoms with Gasteiger partial charge in [-0.25, -0.2) is 0 Å². The van der Waals surface area contributed by atoms with Crippen LogP contribution in [-0.4, -0.2) is 11.5 Å². The molecule has 0 amide bonds. The summed E-state index contributed by atoms with van der Waals surface area (Å²) in [4.78, 5) is 4.14. The fraction of sp³-hybridized carbons (Fsp3) is 0.357. The van der Waals surface area contributed by atoms with Crippen LogP contribution in [-0.2, 0) is 26.0 Å². The Morgan fingerprint density at radius 1 is 1.09 bits per heavy atom. The smallest absolute Gasteiger partial charge is 0.124 e. The molecule has 6 heteroatoms. The van der Waals surface area contributed by atoms with Gasteiger partial charge in [0.25, 0.3) is 0 Å². The molecule has 0 spiro atoms. The molecule has 0 saturated heterocycles. The molecule has 0 radical (unpaired) electrons. The van der Waals surface area contributed by atoms with Crippen molar-refractivity contribution in [1.82, 2.24) is 10.3 Å². The lowest BCUT2D eigenvalue weighted by atomic mass is 9.99. The van der Waals surface area contributed by atoms with Crippen molar-refractivity contribution in [2.24, 2.45) is 0 Å². The van der Waals surface area contributed by atoms with Crippen LogP contribution in [0.3, 0.4) is 0 Å². The topological polar surface area (TPSA) is 57.9 Å². The zero-order valence-corrected chi connectivity index (χ0v) is 22.2. The van der Waals surface area contributed by atoms with Crippen LogP contribution >= 0.6 is 27.5 Å². The van der Waals surface area contributed by atoms with Crippen molar-refractivity contribution >= 4 is 27.5 Å². The molecular formula is C28H31BrClN3O. The minimum atomic E-state index is 0.344. The van der Waals surface area contributed by atoms with Crippen molar-refractivity contribution in [3.8, 4) is 11.8 Å². The largest absolute Gasteiger partial charge is 0.489 e. The van der Waals surface area contributed by atoms with Crippen LogP contribution in [0.25, 0.3) is 0 Å². The Kier molecular flexibility index (Phi) is 10.4. The highest BCUT2D eigenvalue weighted by Gasteiger charge is 2.12. The number of unbranched alkanes of at least 4 members (excludes halogenated alkanes) is 2. The van der Waals surface area contributed by atoms with E-state index < -0.39 is 0 Å². The summed E-state index contributed by atoms with van der Waals surface area (Å²) >= 11 is 10.3. The summed E-state index contributed by atoms with van der Waals surface area (Å²) in [6, 6.07) is 14.3. The summed E-state index contributed by atoms with van der Waals surface area (Å²) in [6.07, 6.45) is 8.57. The number of hydrogen-bond acceptors (Lipinski definition) is 4. The number of pyridine rings is 1. The van der Waals surface area contributed by atoms with Gasteiger partial charge in [0.05, 0.1) is 5.56 Å². The Morgan fingerprint density at radius 3 is 2.71 bits per heavy atom. The number of aryl methyl sites for hydroxylation is 2. The highest BCUT2D eigenvalue weighted by Crippen LogP contribution is 2.30. The first-order valence-electron chi connectivity index (χ1n) is 11.7. The Bertz CT molecular complexity index is 1140. The number of nitrogens with zero attached hydrogens (tertiary/aromatic N) is 2. The van der Waals surface area contributed by atoms with E-state index in [4.69, 9.17) is 21.6 Å². The Labute approximate surface area is 216 Å². The predicted octanol–water partition coefficient (Wildman–Crippen LogP) is 7.32. The van der Waals surface area contributed by atoms with Crippen LogP contribution < -0.4 is 10.1 Å². The number of ether oxygens (including phenoxy) is 1. The first-order chi connectivity index (χ1) is 16.5. The maximum atomic E-state index is 9.15. The van der Waals surface area contributed by atoms with Gasteiger partial charge in [-0.2, -0.15) is 5.26 Å². The normalized spacial score (nSPS) is 10.8. The maximum Gasteiger partial charge on any atom is 0.124 e. The van der Waals surface area contributed by atoms with E-state index in [0.717, 1.165) is 57.7 Å². The number of aromatic nitrogens is 1. The van der Waals surface area contributed by atoms with Gasteiger partial charge in [0.2, 0.25) is 0 Å². The molecule has 0 saturated carbocycles. The van der Waals surface area contributed by atoms with Gasteiger partial charge < -0.3 is 10.1 Å². The van der Waals surface area contributed by atoms with Gasteiger partial charge in [0.1, 0.15) is 18.4 Å². The van der Waals surface area contributed by atoms with Crippen molar-refractivity contribution in [2.45, 2.75) is 59.1 Å². The highest BCUT2D eigenvalue weighted by molar-refractivity contribution is 9.10. The molecule has 0 aliphatic rings. The van der Waals surface area contributed by atoms with E-state index in [1.54, 1.807) is 12.4 Å². The lowest BCUT2D eigenvalue weighted by Crippen LogP contribution is -2.16. The average molecular weight is 541 g/mol. The Balaban J connectivity index is 1.78. The SMILES string of the molecule is CCCCCNCc1cc(Cl)c(CCc2cccc(Br)c2C)cc1OCc1cncc(C#N)c1. The predicted molar refractivity (Wildman–Crippen MR) is 142 cm³/mol. The van der Waals surface area contributed by atoms with Crippen LogP contribution in [0.4, 0.5) is 0 Å². The molecule has 1 N–H and O–H groups in total. The van der Waals surface area contributed by atoms with Crippen molar-refractivity contribution in [3.05, 3.63) is 91.7 Å². The first-order valence-corrected chi connectivity index (χ1v) is 12.9. The third-order valence-corrected chi connectivity index (χ3v) is 7.07. The van der Waals surface area contributed by atoms with E-state index in [2.05, 4.69) is 70.4 Å². The van der Waals surface area contributed by atoms with E-state index in [1.165, 1.54) is 24.0 Å². The summed E-state index contributed by atoms with van der Waals surface area (Å²) in [5.74, 6) is 0.815. The molecule has 0 unspecified atom stereocenters. The Hall–Kier alpha value is -2.39. The molecule has 0 aliphatic heterocycles. The van der Waals surface area contributed by atoms with Crippen LogP contribution in [0.15, 0.2) is 53.3 Å². The second-order valence-electron chi connectivity index (χ2n) is 8.44. The molecule has 0 aliphatic carbocycles. The summed E-state index contributed by atoms with van der Waals surface area (Å²) in [5, 5.41) is 13.4. The summed E-state index contributed by atoms with van der Waals surface area (Å²) < 4.78 is 7.36. The summed E-state index contributed by atoms with van der Waals surface area (Å²) in [7, 11) is 0.